The van der Waals surface area contributed by atoms with E-state index in [1.165, 1.54) is 0 Å². The van der Waals surface area contributed by atoms with Crippen LogP contribution in [0.5, 0.6) is 0 Å². The fraction of sp³-hybridized carbons (Fsp3) is 0.667. The monoisotopic (exact) mass is 353 g/mol. The van der Waals surface area contributed by atoms with E-state index in [2.05, 4.69) is 19.2 Å². The molecule has 0 aliphatic heterocycles. The van der Waals surface area contributed by atoms with Gasteiger partial charge in [-0.05, 0) is 13.1 Å². The van der Waals surface area contributed by atoms with E-state index in [-0.39, 0.29) is 51.4 Å². The molecule has 0 aromatic heterocycles. The Labute approximate surface area is 173 Å². The Morgan fingerprint density at radius 1 is 0.636 bits per heavy atom. The van der Waals surface area contributed by atoms with Crippen molar-refractivity contribution in [2.75, 3.05) is 13.1 Å². The summed E-state index contributed by atoms with van der Waals surface area (Å²) in [5.41, 5.74) is 0. The Hall–Kier alpha value is -0.524. The van der Waals surface area contributed by atoms with Gasteiger partial charge in [0.15, 0.2) is 0 Å². The molecule has 0 amide bonds. The van der Waals surface area contributed by atoms with E-state index in [9.17, 15) is 0 Å². The van der Waals surface area contributed by atoms with Crippen molar-refractivity contribution < 1.29 is 39.6 Å². The molecular formula is C12H28KNO8. The molecule has 0 radical (unpaired) electrons. The van der Waals surface area contributed by atoms with Gasteiger partial charge < -0.3 is 25.7 Å². The normalized spacial score (nSPS) is 6.45. The fourth-order valence-corrected chi connectivity index (χ4v) is 0.250. The van der Waals surface area contributed by atoms with Crippen molar-refractivity contribution in [2.24, 2.45) is 0 Å². The minimum absolute atomic E-state index is 0. The van der Waals surface area contributed by atoms with E-state index in [1.807, 2.05) is 0 Å². The van der Waals surface area contributed by atoms with Crippen LogP contribution in [0.4, 0.5) is 0 Å². The van der Waals surface area contributed by atoms with Crippen LogP contribution in [0.1, 0.15) is 41.5 Å². The number of hydrogen-bond acceptors (Lipinski definition) is 5. The summed E-state index contributed by atoms with van der Waals surface area (Å²) in [6, 6.07) is 0. The number of rotatable bonds is 2. The summed E-state index contributed by atoms with van der Waals surface area (Å²) >= 11 is 0. The molecule has 0 aromatic rings. The van der Waals surface area contributed by atoms with Crippen LogP contribution in [0.3, 0.4) is 0 Å². The summed E-state index contributed by atoms with van der Waals surface area (Å²) in [7, 11) is 0. The van der Waals surface area contributed by atoms with Crippen LogP contribution in [-0.4, -0.2) is 109 Å². The summed E-state index contributed by atoms with van der Waals surface area (Å²) in [5.74, 6) is -3.33. The predicted octanol–water partition coefficient (Wildman–Crippen LogP) is 0.331. The molecule has 0 saturated carbocycles. The topological polar surface area (TPSA) is 161 Å². The number of carboxylic acid groups (broad SMARTS) is 4. The van der Waals surface area contributed by atoms with Gasteiger partial charge in [0.1, 0.15) is 0 Å². The summed E-state index contributed by atoms with van der Waals surface area (Å²) in [6.07, 6.45) is 0. The summed E-state index contributed by atoms with van der Waals surface area (Å²) in [6.45, 7) is 10.7. The van der Waals surface area contributed by atoms with E-state index >= 15 is 0 Å². The zero-order valence-corrected chi connectivity index (χ0v) is 13.3. The summed E-state index contributed by atoms with van der Waals surface area (Å²) in [4.78, 5) is 36.0. The zero-order chi connectivity index (χ0) is 18.4. The van der Waals surface area contributed by atoms with E-state index in [0.29, 0.717) is 0 Å². The van der Waals surface area contributed by atoms with E-state index in [4.69, 9.17) is 39.6 Å². The number of carbonyl (C=O) groups is 4. The molecule has 0 heterocycles. The van der Waals surface area contributed by atoms with E-state index in [0.717, 1.165) is 40.8 Å². The Kier molecular flexibility index (Phi) is 63.3. The number of aliphatic carboxylic acids is 4. The van der Waals surface area contributed by atoms with Crippen molar-refractivity contribution in [2.45, 2.75) is 41.5 Å². The van der Waals surface area contributed by atoms with Crippen LogP contribution in [0.25, 0.3) is 0 Å². The van der Waals surface area contributed by atoms with E-state index < -0.39 is 23.9 Å². The standard InChI is InChI=1S/C4H11N.4C2H4O2.K.H/c1-3-5-4-2;4*1-2(3)4;;/h5H,3-4H2,1-2H3;4*1H3,(H,3,4);;. The second-order valence-electron chi connectivity index (χ2n) is 3.03. The van der Waals surface area contributed by atoms with Gasteiger partial charge in [0.25, 0.3) is 23.9 Å². The molecule has 0 aliphatic rings. The van der Waals surface area contributed by atoms with Crippen LogP contribution in [-0.2, 0) is 19.2 Å². The molecule has 0 spiro atoms. The second kappa shape index (κ2) is 37.1. The van der Waals surface area contributed by atoms with Crippen molar-refractivity contribution in [3.8, 4) is 0 Å². The van der Waals surface area contributed by atoms with Gasteiger partial charge in [0, 0.05) is 27.7 Å². The summed E-state index contributed by atoms with van der Waals surface area (Å²) < 4.78 is 0. The van der Waals surface area contributed by atoms with Gasteiger partial charge >= 0.3 is 51.4 Å². The predicted molar refractivity (Wildman–Crippen MR) is 84.6 cm³/mol. The summed E-state index contributed by atoms with van der Waals surface area (Å²) in [5, 5.41) is 32.8. The average Bonchev–Trinajstić information content (AvgIpc) is 2.14. The first-order valence-corrected chi connectivity index (χ1v) is 5.83. The third-order valence-electron chi connectivity index (χ3n) is 0.500. The zero-order valence-electron chi connectivity index (χ0n) is 13.3. The van der Waals surface area contributed by atoms with Gasteiger partial charge in [-0.25, -0.2) is 0 Å². The van der Waals surface area contributed by atoms with Crippen LogP contribution < -0.4 is 5.32 Å². The molecule has 5 N–H and O–H groups in total. The first-order chi connectivity index (χ1) is 9.34. The molecule has 9 nitrogen and oxygen atoms in total. The fourth-order valence-electron chi connectivity index (χ4n) is 0.250. The van der Waals surface area contributed by atoms with Crippen molar-refractivity contribution in [3.05, 3.63) is 0 Å². The molecule has 10 heteroatoms. The molecule has 0 aliphatic carbocycles. The molecule has 0 fully saturated rings. The quantitative estimate of drug-likeness (QED) is 0.440. The Morgan fingerprint density at radius 2 is 0.727 bits per heavy atom. The minimum atomic E-state index is -0.833. The first kappa shape index (κ1) is 37.6. The van der Waals surface area contributed by atoms with Gasteiger partial charge in [0.05, 0.1) is 0 Å². The van der Waals surface area contributed by atoms with Crippen LogP contribution in [0.15, 0.2) is 0 Å². The average molecular weight is 353 g/mol. The first-order valence-electron chi connectivity index (χ1n) is 5.83. The molecule has 0 rings (SSSR count). The maximum atomic E-state index is 9.00. The van der Waals surface area contributed by atoms with Crippen LogP contribution in [0, 0.1) is 0 Å². The van der Waals surface area contributed by atoms with Gasteiger partial charge in [-0.3, -0.25) is 19.2 Å². The molecule has 0 aromatic carbocycles. The second-order valence-corrected chi connectivity index (χ2v) is 3.03. The number of carboxylic acids is 4. The van der Waals surface area contributed by atoms with E-state index in [1.54, 1.807) is 0 Å². The maximum absolute atomic E-state index is 9.00. The van der Waals surface area contributed by atoms with Gasteiger partial charge in [0.2, 0.25) is 0 Å². The Balaban J connectivity index is -0.0000000361. The molecule has 22 heavy (non-hydrogen) atoms. The van der Waals surface area contributed by atoms with Crippen molar-refractivity contribution in [1.29, 1.82) is 0 Å². The van der Waals surface area contributed by atoms with Crippen molar-refractivity contribution in [1.82, 2.24) is 5.32 Å². The molecule has 0 atom stereocenters. The van der Waals surface area contributed by atoms with Crippen LogP contribution >= 0.6 is 0 Å². The van der Waals surface area contributed by atoms with Gasteiger partial charge in [-0.1, -0.05) is 13.8 Å². The molecule has 130 valence electrons. The molecule has 0 bridgehead atoms. The third kappa shape index (κ3) is 3050. The van der Waals surface area contributed by atoms with Crippen molar-refractivity contribution in [3.63, 3.8) is 0 Å². The third-order valence-corrected chi connectivity index (χ3v) is 0.500. The van der Waals surface area contributed by atoms with Gasteiger partial charge in [-0.2, -0.15) is 0 Å². The number of nitrogens with one attached hydrogen (secondary N) is 1. The molecule has 0 saturated heterocycles. The molecular weight excluding hydrogens is 325 g/mol. The van der Waals surface area contributed by atoms with Gasteiger partial charge in [-0.15, -0.1) is 0 Å². The Morgan fingerprint density at radius 3 is 0.727 bits per heavy atom. The van der Waals surface area contributed by atoms with Crippen molar-refractivity contribution >= 4 is 75.3 Å². The SMILES string of the molecule is CC(=O)O.CC(=O)O.CC(=O)O.CC(=O)O.CCNCC.[KH]. The van der Waals surface area contributed by atoms with Crippen LogP contribution in [0.2, 0.25) is 0 Å². The Bertz CT molecular complexity index is 206. The molecule has 0 unspecified atom stereocenters. The number of hydrogen-bond donors (Lipinski definition) is 5.